The van der Waals surface area contributed by atoms with E-state index in [1.165, 1.54) is 11.6 Å². The van der Waals surface area contributed by atoms with E-state index in [1.54, 1.807) is 12.1 Å². The van der Waals surface area contributed by atoms with E-state index in [1.807, 2.05) is 18.2 Å². The third-order valence-electron chi connectivity index (χ3n) is 4.89. The van der Waals surface area contributed by atoms with Crippen molar-refractivity contribution in [1.82, 2.24) is 9.80 Å². The van der Waals surface area contributed by atoms with Crippen LogP contribution in [0.25, 0.3) is 0 Å². The molecule has 1 aliphatic rings. The van der Waals surface area contributed by atoms with Gasteiger partial charge < -0.3 is 5.73 Å². The average molecular weight is 368 g/mol. The van der Waals surface area contributed by atoms with Crippen molar-refractivity contribution in [3.05, 3.63) is 75.3 Å². The Kier molecular flexibility index (Phi) is 6.16. The van der Waals surface area contributed by atoms with Gasteiger partial charge in [0, 0.05) is 43.4 Å². The zero-order valence-electron chi connectivity index (χ0n) is 15.2. The molecule has 142 valence electrons. The van der Waals surface area contributed by atoms with Crippen LogP contribution in [0.4, 0.5) is 5.69 Å². The van der Waals surface area contributed by atoms with Crippen molar-refractivity contribution in [3.63, 3.8) is 0 Å². The summed E-state index contributed by atoms with van der Waals surface area (Å²) >= 11 is 0. The number of hydrogen-bond acceptors (Lipinski definition) is 5. The predicted molar refractivity (Wildman–Crippen MR) is 103 cm³/mol. The molecule has 1 saturated heterocycles. The van der Waals surface area contributed by atoms with Crippen LogP contribution in [-0.2, 0) is 13.1 Å². The molecule has 3 rings (SSSR count). The Morgan fingerprint density at radius 1 is 1.00 bits per heavy atom. The van der Waals surface area contributed by atoms with Crippen molar-refractivity contribution in [1.29, 1.82) is 0 Å². The van der Waals surface area contributed by atoms with Crippen molar-refractivity contribution in [2.75, 3.05) is 26.2 Å². The largest absolute Gasteiger partial charge is 0.366 e. The molecule has 0 aromatic heterocycles. The number of nitrogens with two attached hydrogens (primary N) is 1. The van der Waals surface area contributed by atoms with E-state index in [9.17, 15) is 14.9 Å². The first-order chi connectivity index (χ1) is 13.0. The molecule has 27 heavy (non-hydrogen) atoms. The van der Waals surface area contributed by atoms with Crippen molar-refractivity contribution in [2.45, 2.75) is 19.5 Å². The van der Waals surface area contributed by atoms with Crippen LogP contribution in [0.5, 0.6) is 0 Å². The fraction of sp³-hybridized carbons (Fsp3) is 0.350. The second-order valence-electron chi connectivity index (χ2n) is 6.86. The highest BCUT2D eigenvalue weighted by Crippen LogP contribution is 2.22. The number of primary amides is 1. The zero-order valence-corrected chi connectivity index (χ0v) is 15.2. The van der Waals surface area contributed by atoms with Gasteiger partial charge in [0.1, 0.15) is 0 Å². The number of nitro groups is 1. The van der Waals surface area contributed by atoms with Crippen LogP contribution in [0, 0.1) is 10.1 Å². The number of amides is 1. The monoisotopic (exact) mass is 368 g/mol. The maximum absolute atomic E-state index is 11.4. The molecular weight excluding hydrogens is 344 g/mol. The van der Waals surface area contributed by atoms with Gasteiger partial charge in [-0.15, -0.1) is 0 Å². The van der Waals surface area contributed by atoms with Gasteiger partial charge in [-0.05, 0) is 31.1 Å². The normalized spacial score (nSPS) is 16.0. The minimum atomic E-state index is -0.657. The lowest BCUT2D eigenvalue weighted by molar-refractivity contribution is -0.385. The Labute approximate surface area is 158 Å². The molecule has 1 fully saturated rings. The van der Waals surface area contributed by atoms with E-state index in [-0.39, 0.29) is 11.3 Å². The van der Waals surface area contributed by atoms with Crippen LogP contribution in [0.1, 0.15) is 27.9 Å². The Morgan fingerprint density at radius 3 is 2.30 bits per heavy atom. The first-order valence-corrected chi connectivity index (χ1v) is 9.08. The molecule has 0 spiro atoms. The number of carbonyl (C=O) groups excluding carboxylic acids is 1. The highest BCUT2D eigenvalue weighted by Gasteiger charge is 2.21. The minimum Gasteiger partial charge on any atom is -0.366 e. The van der Waals surface area contributed by atoms with Crippen molar-refractivity contribution in [2.24, 2.45) is 5.73 Å². The molecule has 1 aliphatic heterocycles. The van der Waals surface area contributed by atoms with Crippen LogP contribution in [0.15, 0.2) is 48.5 Å². The van der Waals surface area contributed by atoms with Gasteiger partial charge in [0.05, 0.1) is 4.92 Å². The summed E-state index contributed by atoms with van der Waals surface area (Å²) in [6.45, 7) is 5.08. The Hall–Kier alpha value is -2.77. The summed E-state index contributed by atoms with van der Waals surface area (Å²) in [4.78, 5) is 26.9. The molecule has 0 saturated carbocycles. The van der Waals surface area contributed by atoms with E-state index in [0.29, 0.717) is 12.1 Å². The average Bonchev–Trinajstić information content (AvgIpc) is 2.88. The number of nitrogens with zero attached hydrogens (tertiary/aromatic N) is 3. The second-order valence-corrected chi connectivity index (χ2v) is 6.86. The SMILES string of the molecule is NC(=O)c1ccc(CN2CCCN(Cc3ccccc3)CC2)c([N+](=O)[O-])c1. The smallest absolute Gasteiger partial charge is 0.274 e. The third kappa shape index (κ3) is 5.12. The van der Waals surface area contributed by atoms with Crippen LogP contribution in [0.3, 0.4) is 0 Å². The maximum atomic E-state index is 11.4. The fourth-order valence-corrected chi connectivity index (χ4v) is 3.44. The zero-order chi connectivity index (χ0) is 19.2. The lowest BCUT2D eigenvalue weighted by atomic mass is 10.1. The quantitative estimate of drug-likeness (QED) is 0.624. The van der Waals surface area contributed by atoms with Crippen LogP contribution >= 0.6 is 0 Å². The molecule has 0 unspecified atom stereocenters. The van der Waals surface area contributed by atoms with Crippen LogP contribution in [-0.4, -0.2) is 46.8 Å². The maximum Gasteiger partial charge on any atom is 0.274 e. The lowest BCUT2D eigenvalue weighted by Gasteiger charge is -2.22. The van der Waals surface area contributed by atoms with Crippen LogP contribution in [0.2, 0.25) is 0 Å². The molecule has 0 aliphatic carbocycles. The van der Waals surface area contributed by atoms with Crippen LogP contribution < -0.4 is 5.73 Å². The first kappa shape index (κ1) is 19.0. The molecule has 0 atom stereocenters. The number of rotatable bonds is 6. The molecule has 7 heteroatoms. The van der Waals surface area contributed by atoms with Gasteiger partial charge in [-0.3, -0.25) is 24.7 Å². The van der Waals surface area contributed by atoms with Crippen molar-refractivity contribution < 1.29 is 9.72 Å². The molecule has 1 heterocycles. The number of nitro benzene ring substituents is 1. The molecule has 2 aromatic rings. The highest BCUT2D eigenvalue weighted by molar-refractivity contribution is 5.93. The summed E-state index contributed by atoms with van der Waals surface area (Å²) in [7, 11) is 0. The summed E-state index contributed by atoms with van der Waals surface area (Å²) in [5.41, 5.74) is 7.26. The van der Waals surface area contributed by atoms with Gasteiger partial charge >= 0.3 is 0 Å². The lowest BCUT2D eigenvalue weighted by Crippen LogP contribution is -2.30. The highest BCUT2D eigenvalue weighted by atomic mass is 16.6. The third-order valence-corrected chi connectivity index (χ3v) is 4.89. The van der Waals surface area contributed by atoms with Gasteiger partial charge in [-0.1, -0.05) is 36.4 Å². The van der Waals surface area contributed by atoms with E-state index < -0.39 is 10.8 Å². The first-order valence-electron chi connectivity index (χ1n) is 9.08. The molecule has 2 N–H and O–H groups in total. The summed E-state index contributed by atoms with van der Waals surface area (Å²) in [5, 5.41) is 11.4. The van der Waals surface area contributed by atoms with Gasteiger partial charge in [-0.2, -0.15) is 0 Å². The number of carbonyl (C=O) groups is 1. The fourth-order valence-electron chi connectivity index (χ4n) is 3.44. The van der Waals surface area contributed by atoms with Gasteiger partial charge in [-0.25, -0.2) is 0 Å². The van der Waals surface area contributed by atoms with E-state index in [4.69, 9.17) is 5.73 Å². The summed E-state index contributed by atoms with van der Waals surface area (Å²) < 4.78 is 0. The Bertz CT molecular complexity index is 810. The van der Waals surface area contributed by atoms with E-state index >= 15 is 0 Å². The molecule has 2 aromatic carbocycles. The second kappa shape index (κ2) is 8.75. The van der Waals surface area contributed by atoms with E-state index in [0.717, 1.165) is 39.1 Å². The predicted octanol–water partition coefficient (Wildman–Crippen LogP) is 2.40. The van der Waals surface area contributed by atoms with Crippen molar-refractivity contribution in [3.8, 4) is 0 Å². The minimum absolute atomic E-state index is 0.0447. The molecule has 1 amide bonds. The standard InChI is InChI=1S/C20H24N4O3/c21-20(25)17-7-8-18(19(13-17)24(26)27)15-23-10-4-9-22(11-12-23)14-16-5-2-1-3-6-16/h1-3,5-8,13H,4,9-12,14-15H2,(H2,21,25). The molecular formula is C20H24N4O3. The van der Waals surface area contributed by atoms with E-state index in [2.05, 4.69) is 21.9 Å². The summed E-state index contributed by atoms with van der Waals surface area (Å²) in [6, 6.07) is 14.9. The number of hydrogen-bond donors (Lipinski definition) is 1. The summed E-state index contributed by atoms with van der Waals surface area (Å²) in [6.07, 6.45) is 1.01. The molecule has 0 bridgehead atoms. The molecule has 7 nitrogen and oxygen atoms in total. The Morgan fingerprint density at radius 2 is 1.67 bits per heavy atom. The number of benzene rings is 2. The van der Waals surface area contributed by atoms with Crippen molar-refractivity contribution >= 4 is 11.6 Å². The topological polar surface area (TPSA) is 92.7 Å². The van der Waals surface area contributed by atoms with Gasteiger partial charge in [0.25, 0.3) is 5.69 Å². The summed E-state index contributed by atoms with van der Waals surface area (Å²) in [5.74, 6) is -0.657. The van der Waals surface area contributed by atoms with Gasteiger partial charge in [0.2, 0.25) is 5.91 Å². The van der Waals surface area contributed by atoms with Gasteiger partial charge in [0.15, 0.2) is 0 Å². The Balaban J connectivity index is 1.65. The molecule has 0 radical (unpaired) electrons.